The van der Waals surface area contributed by atoms with Crippen LogP contribution in [0, 0.1) is 17.8 Å². The van der Waals surface area contributed by atoms with Gasteiger partial charge in [0.25, 0.3) is 5.91 Å². The van der Waals surface area contributed by atoms with E-state index in [1.54, 1.807) is 6.20 Å². The summed E-state index contributed by atoms with van der Waals surface area (Å²) in [5, 5.41) is 20.7. The van der Waals surface area contributed by atoms with Crippen molar-refractivity contribution in [2.75, 3.05) is 6.61 Å². The second-order valence-electron chi connectivity index (χ2n) is 16.3. The maximum absolute atomic E-state index is 14.3. The average molecular weight is 746 g/mol. The number of ether oxygens (including phenoxy) is 2. The number of H-pyrrole nitrogens is 1. The van der Waals surface area contributed by atoms with E-state index in [0.29, 0.717) is 43.6 Å². The van der Waals surface area contributed by atoms with Crippen LogP contribution in [-0.2, 0) is 38.5 Å². The van der Waals surface area contributed by atoms with Gasteiger partial charge in [-0.2, -0.15) is 0 Å². The van der Waals surface area contributed by atoms with Gasteiger partial charge in [0.15, 0.2) is 6.10 Å². The first-order valence-electron chi connectivity index (χ1n) is 19.8. The number of imidazole rings is 1. The number of hydrogen-bond acceptors (Lipinski definition) is 7. The highest BCUT2D eigenvalue weighted by Gasteiger charge is 2.34. The molecule has 1 heterocycles. The van der Waals surface area contributed by atoms with Gasteiger partial charge in [0.05, 0.1) is 25.1 Å². The van der Waals surface area contributed by atoms with Gasteiger partial charge in [0.1, 0.15) is 6.04 Å². The SMILES string of the molecule is CC(C)[C@@H](CCOCc1ccccc1)C[C@H](O)[C@H](CC1CCCCC1)NC(=O)[C@H](Cc1cnc[nH]1)NC(=O)C(Cc1ccccc1)OC(=O)NC(C)(C)C. The third kappa shape index (κ3) is 15.3. The highest BCUT2D eigenvalue weighted by molar-refractivity contribution is 5.90. The van der Waals surface area contributed by atoms with Crippen molar-refractivity contribution >= 4 is 17.9 Å². The van der Waals surface area contributed by atoms with Crippen molar-refractivity contribution in [2.45, 2.75) is 135 Å². The summed E-state index contributed by atoms with van der Waals surface area (Å²) >= 11 is 0. The molecule has 5 atom stereocenters. The zero-order valence-electron chi connectivity index (χ0n) is 32.9. The molecule has 0 radical (unpaired) electrons. The number of aromatic amines is 1. The molecule has 1 unspecified atom stereocenters. The molecule has 54 heavy (non-hydrogen) atoms. The van der Waals surface area contributed by atoms with Gasteiger partial charge in [-0.25, -0.2) is 9.78 Å². The number of hydrogen-bond donors (Lipinski definition) is 5. The molecule has 11 heteroatoms. The Hall–Kier alpha value is -4.22. The first-order chi connectivity index (χ1) is 25.9. The Morgan fingerprint density at radius 3 is 2.19 bits per heavy atom. The molecular formula is C43H63N5O6. The summed E-state index contributed by atoms with van der Waals surface area (Å²) in [4.78, 5) is 48.3. The maximum Gasteiger partial charge on any atom is 0.408 e. The number of benzene rings is 2. The molecule has 5 N–H and O–H groups in total. The standard InChI is InChI=1S/C43H63N5O6/c1-30(2)34(21-22-53-28-33-19-13-8-14-20-33)25-38(49)36(23-31-15-9-6-10-16-31)46-40(50)37(26-35-27-44-29-45-35)47-41(51)39(24-32-17-11-7-12-18-32)54-42(52)48-43(3,4)5/h7-8,11-14,17-20,27,29-31,34,36-39,49H,6,9-10,15-16,21-26,28H2,1-5H3,(H,44,45)(H,46,50)(H,47,51)(H,48,52)/t34-,36-,37-,38-,39?/m0/s1. The summed E-state index contributed by atoms with van der Waals surface area (Å²) in [6, 6.07) is 17.8. The van der Waals surface area contributed by atoms with Gasteiger partial charge in [-0.05, 0) is 68.9 Å². The summed E-state index contributed by atoms with van der Waals surface area (Å²) in [5.74, 6) is -0.145. The molecule has 1 aromatic heterocycles. The van der Waals surface area contributed by atoms with E-state index in [1.165, 1.54) is 12.7 Å². The molecule has 0 saturated heterocycles. The Bertz CT molecular complexity index is 1520. The van der Waals surface area contributed by atoms with Crippen molar-refractivity contribution in [3.63, 3.8) is 0 Å². The number of nitrogens with zero attached hydrogens (tertiary/aromatic N) is 1. The van der Waals surface area contributed by atoms with Gasteiger partial charge in [0, 0.05) is 36.9 Å². The van der Waals surface area contributed by atoms with Crippen LogP contribution in [0.2, 0.25) is 0 Å². The molecule has 1 saturated carbocycles. The Balaban J connectivity index is 1.50. The maximum atomic E-state index is 14.3. The van der Waals surface area contributed by atoms with Crippen LogP contribution in [0.4, 0.5) is 4.79 Å². The van der Waals surface area contributed by atoms with Crippen molar-refractivity contribution in [1.29, 1.82) is 0 Å². The third-order valence-corrected chi connectivity index (χ3v) is 10.2. The minimum atomic E-state index is -1.20. The molecule has 3 amide bonds. The number of alkyl carbamates (subject to hydrolysis) is 1. The lowest BCUT2D eigenvalue weighted by atomic mass is 9.80. The number of carbonyl (C=O) groups is 3. The van der Waals surface area contributed by atoms with Crippen molar-refractivity contribution in [3.8, 4) is 0 Å². The number of carbonyl (C=O) groups excluding carboxylic acids is 3. The van der Waals surface area contributed by atoms with Crippen LogP contribution >= 0.6 is 0 Å². The predicted octanol–water partition coefficient (Wildman–Crippen LogP) is 6.66. The first kappa shape index (κ1) is 42.5. The van der Waals surface area contributed by atoms with E-state index in [2.05, 4.69) is 39.8 Å². The number of aromatic nitrogens is 2. The molecule has 0 bridgehead atoms. The normalized spacial score (nSPS) is 16.5. The zero-order valence-corrected chi connectivity index (χ0v) is 32.9. The monoisotopic (exact) mass is 745 g/mol. The molecular weight excluding hydrogens is 683 g/mol. The van der Waals surface area contributed by atoms with Gasteiger partial charge >= 0.3 is 6.09 Å². The van der Waals surface area contributed by atoms with Gasteiger partial charge in [-0.1, -0.05) is 107 Å². The molecule has 0 spiro atoms. The minimum Gasteiger partial charge on any atom is -0.436 e. The number of nitrogens with one attached hydrogen (secondary N) is 4. The van der Waals surface area contributed by atoms with E-state index in [-0.39, 0.29) is 18.8 Å². The fourth-order valence-corrected chi connectivity index (χ4v) is 7.15. The van der Waals surface area contributed by atoms with Crippen LogP contribution in [0.15, 0.2) is 73.2 Å². The zero-order chi connectivity index (χ0) is 38.9. The quantitative estimate of drug-likeness (QED) is 0.0811. The summed E-state index contributed by atoms with van der Waals surface area (Å²) in [6.07, 6.45) is 8.21. The number of aliphatic hydroxyl groups is 1. The van der Waals surface area contributed by atoms with Crippen LogP contribution in [0.1, 0.15) is 103 Å². The largest absolute Gasteiger partial charge is 0.436 e. The van der Waals surface area contributed by atoms with E-state index in [0.717, 1.165) is 43.2 Å². The van der Waals surface area contributed by atoms with E-state index in [9.17, 15) is 19.5 Å². The molecule has 1 fully saturated rings. The van der Waals surface area contributed by atoms with E-state index < -0.39 is 47.7 Å². The van der Waals surface area contributed by atoms with Crippen molar-refractivity contribution in [2.24, 2.45) is 17.8 Å². The lowest BCUT2D eigenvalue weighted by Gasteiger charge is -2.34. The molecule has 1 aliphatic rings. The van der Waals surface area contributed by atoms with E-state index in [4.69, 9.17) is 9.47 Å². The summed E-state index contributed by atoms with van der Waals surface area (Å²) in [7, 11) is 0. The minimum absolute atomic E-state index is 0.122. The Morgan fingerprint density at radius 2 is 1.57 bits per heavy atom. The lowest BCUT2D eigenvalue weighted by Crippen LogP contribution is -2.56. The third-order valence-electron chi connectivity index (χ3n) is 10.2. The van der Waals surface area contributed by atoms with Crippen LogP contribution in [0.5, 0.6) is 0 Å². The number of rotatable bonds is 20. The second kappa shape index (κ2) is 21.6. The molecule has 296 valence electrons. The Labute approximate surface area is 321 Å². The van der Waals surface area contributed by atoms with Crippen LogP contribution in [0.3, 0.4) is 0 Å². The van der Waals surface area contributed by atoms with Crippen LogP contribution < -0.4 is 16.0 Å². The van der Waals surface area contributed by atoms with Crippen LogP contribution in [0.25, 0.3) is 0 Å². The van der Waals surface area contributed by atoms with Gasteiger partial charge < -0.3 is 35.5 Å². The summed E-state index contributed by atoms with van der Waals surface area (Å²) < 4.78 is 11.7. The molecule has 3 aromatic rings. The highest BCUT2D eigenvalue weighted by atomic mass is 16.6. The smallest absolute Gasteiger partial charge is 0.408 e. The number of amides is 3. The first-order valence-corrected chi connectivity index (χ1v) is 19.8. The fourth-order valence-electron chi connectivity index (χ4n) is 7.15. The molecule has 4 rings (SSSR count). The number of aliphatic hydroxyl groups excluding tert-OH is 1. The molecule has 2 aromatic carbocycles. The van der Waals surface area contributed by atoms with Gasteiger partial charge in [-0.15, -0.1) is 0 Å². The molecule has 11 nitrogen and oxygen atoms in total. The Morgan fingerprint density at radius 1 is 0.907 bits per heavy atom. The summed E-state index contributed by atoms with van der Waals surface area (Å²) in [6.45, 7) is 10.9. The highest BCUT2D eigenvalue weighted by Crippen LogP contribution is 2.30. The fraction of sp³-hybridized carbons (Fsp3) is 0.581. The van der Waals surface area contributed by atoms with Crippen molar-refractivity contribution < 1.29 is 29.0 Å². The van der Waals surface area contributed by atoms with Gasteiger partial charge in [0.2, 0.25) is 5.91 Å². The van der Waals surface area contributed by atoms with E-state index in [1.807, 2.05) is 81.4 Å². The lowest BCUT2D eigenvalue weighted by molar-refractivity contribution is -0.134. The average Bonchev–Trinajstić information content (AvgIpc) is 3.65. The van der Waals surface area contributed by atoms with E-state index >= 15 is 0 Å². The molecule has 1 aliphatic carbocycles. The predicted molar refractivity (Wildman–Crippen MR) is 210 cm³/mol. The van der Waals surface area contributed by atoms with Crippen molar-refractivity contribution in [1.82, 2.24) is 25.9 Å². The molecule has 0 aliphatic heterocycles. The second-order valence-corrected chi connectivity index (χ2v) is 16.3. The Kier molecular flexibility index (Phi) is 17.0. The van der Waals surface area contributed by atoms with Crippen molar-refractivity contribution in [3.05, 3.63) is 90.0 Å². The topological polar surface area (TPSA) is 155 Å². The summed E-state index contributed by atoms with van der Waals surface area (Å²) in [5.41, 5.74) is 2.00. The van der Waals surface area contributed by atoms with Gasteiger partial charge in [-0.3, -0.25) is 9.59 Å². The van der Waals surface area contributed by atoms with Crippen LogP contribution in [-0.4, -0.2) is 69.4 Å².